The number of rotatable bonds is 3. The van der Waals surface area contributed by atoms with Crippen LogP contribution in [-0.4, -0.2) is 36.3 Å². The van der Waals surface area contributed by atoms with Crippen LogP contribution < -0.4 is 5.32 Å². The summed E-state index contributed by atoms with van der Waals surface area (Å²) < 4.78 is 0. The molecule has 78 valence electrons. The Hall–Kier alpha value is -0.900. The molecule has 1 aliphatic carbocycles. The highest BCUT2D eigenvalue weighted by Crippen LogP contribution is 2.42. The van der Waals surface area contributed by atoms with Gasteiger partial charge in [0.1, 0.15) is 0 Å². The molecule has 1 heterocycles. The van der Waals surface area contributed by atoms with Crippen molar-refractivity contribution in [3.05, 3.63) is 0 Å². The maximum Gasteiger partial charge on any atom is 0.233 e. The minimum absolute atomic E-state index is 0.0200. The molecule has 1 aliphatic heterocycles. The Morgan fingerprint density at radius 1 is 1.36 bits per heavy atom. The second kappa shape index (κ2) is 3.35. The van der Waals surface area contributed by atoms with E-state index >= 15 is 0 Å². The van der Waals surface area contributed by atoms with E-state index in [1.807, 2.05) is 14.0 Å². The number of amides is 2. The molecule has 3 atom stereocenters. The number of fused-ring (bicyclic) bond motifs is 1. The summed E-state index contributed by atoms with van der Waals surface area (Å²) in [7, 11) is 1.84. The van der Waals surface area contributed by atoms with Crippen LogP contribution in [-0.2, 0) is 9.59 Å². The van der Waals surface area contributed by atoms with Gasteiger partial charge in [-0.05, 0) is 26.8 Å². The Morgan fingerprint density at radius 3 is 2.21 bits per heavy atom. The normalized spacial score (nSPS) is 32.9. The zero-order valence-electron chi connectivity index (χ0n) is 8.62. The predicted octanol–water partition coefficient (Wildman–Crippen LogP) is -0.0107. The summed E-state index contributed by atoms with van der Waals surface area (Å²) in [5.74, 6) is 0.139. The molecule has 0 spiro atoms. The number of nitrogens with one attached hydrogen (secondary N) is 1. The summed E-state index contributed by atoms with van der Waals surface area (Å²) in [6.07, 6.45) is 1.80. The quantitative estimate of drug-likeness (QED) is 0.646. The van der Waals surface area contributed by atoms with Gasteiger partial charge >= 0.3 is 0 Å². The number of imide groups is 1. The van der Waals surface area contributed by atoms with Crippen LogP contribution in [0.2, 0.25) is 0 Å². The Bertz CT molecular complexity index is 255. The number of nitrogens with zero attached hydrogens (tertiary/aromatic N) is 1. The van der Waals surface area contributed by atoms with Gasteiger partial charge in [-0.3, -0.25) is 14.5 Å². The molecule has 1 saturated carbocycles. The van der Waals surface area contributed by atoms with Gasteiger partial charge in [0.15, 0.2) is 0 Å². The van der Waals surface area contributed by atoms with E-state index in [9.17, 15) is 9.59 Å². The van der Waals surface area contributed by atoms with Gasteiger partial charge < -0.3 is 5.32 Å². The summed E-state index contributed by atoms with van der Waals surface area (Å²) in [6, 6.07) is 0.181. The van der Waals surface area contributed by atoms with E-state index < -0.39 is 0 Å². The fourth-order valence-electron chi connectivity index (χ4n) is 2.15. The molecule has 0 aromatic rings. The fraction of sp³-hybridized carbons (Fsp3) is 0.800. The third-order valence-corrected chi connectivity index (χ3v) is 3.39. The largest absolute Gasteiger partial charge is 0.315 e. The standard InChI is InChI=1S/C10H16N2O2/c1-6(11-2)5-12-9(13)7-3-4-8(7)10(12)14/h6-8,11H,3-5H2,1-2H3. The average molecular weight is 196 g/mol. The van der Waals surface area contributed by atoms with E-state index in [0.717, 1.165) is 12.8 Å². The third-order valence-electron chi connectivity index (χ3n) is 3.39. The molecule has 0 radical (unpaired) electrons. The molecule has 2 fully saturated rings. The van der Waals surface area contributed by atoms with E-state index in [-0.39, 0.29) is 29.7 Å². The molecule has 14 heavy (non-hydrogen) atoms. The van der Waals surface area contributed by atoms with Crippen LogP contribution in [0.15, 0.2) is 0 Å². The van der Waals surface area contributed by atoms with Crippen molar-refractivity contribution in [1.82, 2.24) is 10.2 Å². The van der Waals surface area contributed by atoms with E-state index in [4.69, 9.17) is 0 Å². The molecule has 4 nitrogen and oxygen atoms in total. The van der Waals surface area contributed by atoms with Crippen LogP contribution in [0.4, 0.5) is 0 Å². The first-order valence-corrected chi connectivity index (χ1v) is 5.17. The zero-order valence-corrected chi connectivity index (χ0v) is 8.62. The van der Waals surface area contributed by atoms with Crippen molar-refractivity contribution in [3.63, 3.8) is 0 Å². The molecule has 2 rings (SSSR count). The van der Waals surface area contributed by atoms with Crippen LogP contribution in [0.5, 0.6) is 0 Å². The molecule has 1 N–H and O–H groups in total. The fourth-order valence-corrected chi connectivity index (χ4v) is 2.15. The minimum atomic E-state index is 0.0200. The molecular formula is C10H16N2O2. The second-order valence-corrected chi connectivity index (χ2v) is 4.27. The number of carbonyl (C=O) groups is 2. The van der Waals surface area contributed by atoms with Crippen molar-refractivity contribution < 1.29 is 9.59 Å². The average Bonchev–Trinajstić information content (AvgIpc) is 2.24. The molecule has 0 bridgehead atoms. The van der Waals surface area contributed by atoms with Gasteiger partial charge in [-0.25, -0.2) is 0 Å². The lowest BCUT2D eigenvalue weighted by molar-refractivity contribution is -0.139. The molecule has 1 saturated heterocycles. The van der Waals surface area contributed by atoms with Crippen molar-refractivity contribution in [3.8, 4) is 0 Å². The van der Waals surface area contributed by atoms with Crippen molar-refractivity contribution in [1.29, 1.82) is 0 Å². The minimum Gasteiger partial charge on any atom is -0.315 e. The number of hydrogen-bond acceptors (Lipinski definition) is 3. The summed E-state index contributed by atoms with van der Waals surface area (Å²) in [5.41, 5.74) is 0. The number of likely N-dealkylation sites (N-methyl/N-ethyl adjacent to an activating group) is 1. The van der Waals surface area contributed by atoms with Gasteiger partial charge in [-0.1, -0.05) is 0 Å². The highest BCUT2D eigenvalue weighted by molar-refractivity contribution is 6.06. The topological polar surface area (TPSA) is 49.4 Å². The van der Waals surface area contributed by atoms with Crippen LogP contribution in [0.1, 0.15) is 19.8 Å². The van der Waals surface area contributed by atoms with Crippen molar-refractivity contribution in [2.24, 2.45) is 11.8 Å². The van der Waals surface area contributed by atoms with Gasteiger partial charge in [0.05, 0.1) is 11.8 Å². The Morgan fingerprint density at radius 2 is 1.86 bits per heavy atom. The number of likely N-dealkylation sites (tertiary alicyclic amines) is 1. The van der Waals surface area contributed by atoms with Gasteiger partial charge in [-0.15, -0.1) is 0 Å². The first-order valence-electron chi connectivity index (χ1n) is 5.17. The van der Waals surface area contributed by atoms with Gasteiger partial charge in [0.25, 0.3) is 0 Å². The highest BCUT2D eigenvalue weighted by Gasteiger charge is 2.52. The summed E-state index contributed by atoms with van der Waals surface area (Å²) in [6.45, 7) is 2.49. The van der Waals surface area contributed by atoms with Gasteiger partial charge in [-0.2, -0.15) is 0 Å². The maximum atomic E-state index is 11.7. The van der Waals surface area contributed by atoms with Crippen LogP contribution in [0, 0.1) is 11.8 Å². The molecule has 0 aromatic carbocycles. The molecule has 3 unspecified atom stereocenters. The molecule has 2 aliphatic rings. The van der Waals surface area contributed by atoms with Crippen LogP contribution >= 0.6 is 0 Å². The highest BCUT2D eigenvalue weighted by atomic mass is 16.2. The third kappa shape index (κ3) is 1.25. The predicted molar refractivity (Wildman–Crippen MR) is 51.5 cm³/mol. The molecule has 4 heteroatoms. The van der Waals surface area contributed by atoms with E-state index in [1.165, 1.54) is 4.90 Å². The van der Waals surface area contributed by atoms with E-state index in [2.05, 4.69) is 5.32 Å². The van der Waals surface area contributed by atoms with Crippen molar-refractivity contribution >= 4 is 11.8 Å². The van der Waals surface area contributed by atoms with E-state index in [0.29, 0.717) is 6.54 Å². The Balaban J connectivity index is 2.04. The van der Waals surface area contributed by atoms with Gasteiger partial charge in [0, 0.05) is 12.6 Å². The summed E-state index contributed by atoms with van der Waals surface area (Å²) in [4.78, 5) is 24.8. The number of hydrogen-bond donors (Lipinski definition) is 1. The van der Waals surface area contributed by atoms with Gasteiger partial charge in [0.2, 0.25) is 11.8 Å². The summed E-state index contributed by atoms with van der Waals surface area (Å²) >= 11 is 0. The smallest absolute Gasteiger partial charge is 0.233 e. The number of carbonyl (C=O) groups excluding carboxylic acids is 2. The van der Waals surface area contributed by atoms with Crippen molar-refractivity contribution in [2.45, 2.75) is 25.8 Å². The lowest BCUT2D eigenvalue weighted by atomic mass is 9.76. The first kappa shape index (κ1) is 9.65. The SMILES string of the molecule is CNC(C)CN1C(=O)C2CCC2C1=O. The van der Waals surface area contributed by atoms with E-state index in [1.54, 1.807) is 0 Å². The Labute approximate surface area is 83.6 Å². The molecule has 2 amide bonds. The molecular weight excluding hydrogens is 180 g/mol. The maximum absolute atomic E-state index is 11.7. The second-order valence-electron chi connectivity index (χ2n) is 4.27. The van der Waals surface area contributed by atoms with Crippen LogP contribution in [0.3, 0.4) is 0 Å². The Kier molecular flexibility index (Phi) is 2.31. The summed E-state index contributed by atoms with van der Waals surface area (Å²) in [5, 5.41) is 3.04. The zero-order chi connectivity index (χ0) is 10.3. The lowest BCUT2D eigenvalue weighted by Crippen LogP contribution is -2.41. The monoisotopic (exact) mass is 196 g/mol. The molecule has 0 aromatic heterocycles. The van der Waals surface area contributed by atoms with Crippen LogP contribution in [0.25, 0.3) is 0 Å². The van der Waals surface area contributed by atoms with Crippen molar-refractivity contribution in [2.75, 3.05) is 13.6 Å². The first-order chi connectivity index (χ1) is 6.65. The lowest BCUT2D eigenvalue weighted by Gasteiger charge is -2.24.